The quantitative estimate of drug-likeness (QED) is 0.595. The first-order valence-electron chi connectivity index (χ1n) is 9.03. The number of aromatic amines is 1. The average molecular weight is 364 g/mol. The number of carbonyl (C=O) groups is 1. The van der Waals surface area contributed by atoms with Crippen LogP contribution >= 0.6 is 0 Å². The van der Waals surface area contributed by atoms with Crippen molar-refractivity contribution in [3.63, 3.8) is 0 Å². The molecule has 2 aromatic carbocycles. The zero-order valence-corrected chi connectivity index (χ0v) is 15.6. The molecule has 1 aromatic heterocycles. The van der Waals surface area contributed by atoms with Crippen LogP contribution < -0.4 is 14.8 Å². The molecule has 2 N–H and O–H groups in total. The highest BCUT2D eigenvalue weighted by Crippen LogP contribution is 2.28. The Bertz CT molecular complexity index is 944. The number of fused-ring (bicyclic) bond motifs is 1. The predicted octanol–water partition coefficient (Wildman–Crippen LogP) is 3.95. The van der Waals surface area contributed by atoms with E-state index in [0.29, 0.717) is 24.7 Å². The number of para-hydroxylation sites is 1. The molecule has 0 spiro atoms. The number of aromatic nitrogens is 1. The number of hydrogen-bond acceptors (Lipinski definition) is 3. The van der Waals surface area contributed by atoms with Gasteiger partial charge in [0.15, 0.2) is 11.5 Å². The number of benzene rings is 2. The second-order valence-electron chi connectivity index (χ2n) is 6.08. The van der Waals surface area contributed by atoms with E-state index in [1.165, 1.54) is 17.0 Å². The van der Waals surface area contributed by atoms with E-state index >= 15 is 0 Å². The standard InChI is InChI=1S/C22H24N2O3/c1-3-27-20-10-8-16(14-21(20)26-2)9-11-22(25)23-13-12-17-15-24-19-7-5-4-6-18(17)19/h4-11,14-15,24H,3,12-13H2,1-2H3,(H,23,25)/b11-9+. The Kier molecular flexibility index (Phi) is 6.15. The molecule has 0 radical (unpaired) electrons. The van der Waals surface area contributed by atoms with Crippen LogP contribution in [0.25, 0.3) is 17.0 Å². The number of H-pyrrole nitrogens is 1. The maximum atomic E-state index is 12.1. The summed E-state index contributed by atoms with van der Waals surface area (Å²) in [5.41, 5.74) is 3.19. The Morgan fingerprint density at radius 2 is 2.04 bits per heavy atom. The van der Waals surface area contributed by atoms with Crippen LogP contribution in [0.2, 0.25) is 0 Å². The maximum Gasteiger partial charge on any atom is 0.244 e. The Morgan fingerprint density at radius 3 is 2.85 bits per heavy atom. The van der Waals surface area contributed by atoms with Crippen molar-refractivity contribution in [3.8, 4) is 11.5 Å². The lowest BCUT2D eigenvalue weighted by atomic mass is 10.1. The van der Waals surface area contributed by atoms with Crippen molar-refractivity contribution in [1.82, 2.24) is 10.3 Å². The number of hydrogen-bond donors (Lipinski definition) is 2. The van der Waals surface area contributed by atoms with Crippen molar-refractivity contribution in [2.45, 2.75) is 13.3 Å². The zero-order chi connectivity index (χ0) is 19.1. The van der Waals surface area contributed by atoms with Crippen molar-refractivity contribution < 1.29 is 14.3 Å². The lowest BCUT2D eigenvalue weighted by Crippen LogP contribution is -2.23. The summed E-state index contributed by atoms with van der Waals surface area (Å²) < 4.78 is 10.8. The van der Waals surface area contributed by atoms with Crippen LogP contribution in [0.5, 0.6) is 11.5 Å². The molecule has 0 bridgehead atoms. The zero-order valence-electron chi connectivity index (χ0n) is 15.6. The van der Waals surface area contributed by atoms with Gasteiger partial charge in [0.05, 0.1) is 13.7 Å². The lowest BCUT2D eigenvalue weighted by molar-refractivity contribution is -0.116. The molecule has 1 amide bonds. The molecule has 0 aliphatic carbocycles. The van der Waals surface area contributed by atoms with Crippen molar-refractivity contribution in [2.24, 2.45) is 0 Å². The summed E-state index contributed by atoms with van der Waals surface area (Å²) in [4.78, 5) is 15.3. The number of methoxy groups -OCH3 is 1. The molecule has 0 saturated heterocycles. The summed E-state index contributed by atoms with van der Waals surface area (Å²) in [6.45, 7) is 3.08. The van der Waals surface area contributed by atoms with E-state index in [1.54, 1.807) is 13.2 Å². The summed E-state index contributed by atoms with van der Waals surface area (Å²) in [7, 11) is 1.60. The normalized spacial score (nSPS) is 11.0. The Balaban J connectivity index is 1.54. The summed E-state index contributed by atoms with van der Waals surface area (Å²) in [6, 6.07) is 13.7. The fourth-order valence-electron chi connectivity index (χ4n) is 2.95. The van der Waals surface area contributed by atoms with Crippen LogP contribution in [0, 0.1) is 0 Å². The van der Waals surface area contributed by atoms with Gasteiger partial charge in [0.25, 0.3) is 0 Å². The van der Waals surface area contributed by atoms with Crippen LogP contribution in [0.4, 0.5) is 0 Å². The number of carbonyl (C=O) groups excluding carboxylic acids is 1. The van der Waals surface area contributed by atoms with Gasteiger partial charge in [-0.05, 0) is 48.7 Å². The van der Waals surface area contributed by atoms with Gasteiger partial charge in [0.2, 0.25) is 5.91 Å². The predicted molar refractivity (Wildman–Crippen MR) is 108 cm³/mol. The highest BCUT2D eigenvalue weighted by molar-refractivity contribution is 5.91. The fourth-order valence-corrected chi connectivity index (χ4v) is 2.95. The highest BCUT2D eigenvalue weighted by Gasteiger charge is 2.05. The smallest absolute Gasteiger partial charge is 0.244 e. The third-order valence-corrected chi connectivity index (χ3v) is 4.28. The minimum absolute atomic E-state index is 0.123. The van der Waals surface area contributed by atoms with Gasteiger partial charge in [-0.1, -0.05) is 24.3 Å². The molecule has 5 heteroatoms. The molecule has 3 rings (SSSR count). The van der Waals surface area contributed by atoms with E-state index in [0.717, 1.165) is 17.5 Å². The second kappa shape index (κ2) is 8.94. The lowest BCUT2D eigenvalue weighted by Gasteiger charge is -2.09. The fraction of sp³-hybridized carbons (Fsp3) is 0.227. The van der Waals surface area contributed by atoms with Crippen molar-refractivity contribution in [3.05, 3.63) is 65.9 Å². The van der Waals surface area contributed by atoms with Gasteiger partial charge in [-0.25, -0.2) is 0 Å². The minimum Gasteiger partial charge on any atom is -0.493 e. The first-order valence-corrected chi connectivity index (χ1v) is 9.03. The van der Waals surface area contributed by atoms with Gasteiger partial charge >= 0.3 is 0 Å². The van der Waals surface area contributed by atoms with Crippen LogP contribution in [0.15, 0.2) is 54.7 Å². The van der Waals surface area contributed by atoms with E-state index in [1.807, 2.05) is 49.5 Å². The topological polar surface area (TPSA) is 63.3 Å². The third kappa shape index (κ3) is 4.70. The Labute approximate surface area is 159 Å². The second-order valence-corrected chi connectivity index (χ2v) is 6.08. The molecule has 1 heterocycles. The van der Waals surface area contributed by atoms with Crippen molar-refractivity contribution in [1.29, 1.82) is 0 Å². The molecule has 0 fully saturated rings. The molecule has 0 atom stereocenters. The summed E-state index contributed by atoms with van der Waals surface area (Å²) in [5.74, 6) is 1.22. The van der Waals surface area contributed by atoms with E-state index in [2.05, 4.69) is 16.4 Å². The average Bonchev–Trinajstić information content (AvgIpc) is 3.10. The molecule has 140 valence electrons. The summed E-state index contributed by atoms with van der Waals surface area (Å²) in [6.07, 6.45) is 6.07. The van der Waals surface area contributed by atoms with Gasteiger partial charge in [-0.3, -0.25) is 4.79 Å². The first kappa shape index (κ1) is 18.6. The monoisotopic (exact) mass is 364 g/mol. The van der Waals surface area contributed by atoms with Crippen LogP contribution in [0.3, 0.4) is 0 Å². The molecular weight excluding hydrogens is 340 g/mol. The van der Waals surface area contributed by atoms with E-state index < -0.39 is 0 Å². The van der Waals surface area contributed by atoms with Crippen LogP contribution in [-0.2, 0) is 11.2 Å². The largest absolute Gasteiger partial charge is 0.493 e. The van der Waals surface area contributed by atoms with Gasteiger partial charge in [-0.2, -0.15) is 0 Å². The van der Waals surface area contributed by atoms with E-state index in [4.69, 9.17) is 9.47 Å². The van der Waals surface area contributed by atoms with Crippen LogP contribution in [0.1, 0.15) is 18.1 Å². The molecule has 27 heavy (non-hydrogen) atoms. The molecule has 0 aliphatic heterocycles. The van der Waals surface area contributed by atoms with Gasteiger partial charge in [0.1, 0.15) is 0 Å². The minimum atomic E-state index is -0.123. The van der Waals surface area contributed by atoms with E-state index in [-0.39, 0.29) is 5.91 Å². The summed E-state index contributed by atoms with van der Waals surface area (Å²) >= 11 is 0. The number of nitrogens with one attached hydrogen (secondary N) is 2. The molecule has 0 unspecified atom stereocenters. The van der Waals surface area contributed by atoms with Crippen molar-refractivity contribution in [2.75, 3.05) is 20.3 Å². The Hall–Kier alpha value is -3.21. The van der Waals surface area contributed by atoms with Crippen LogP contribution in [-0.4, -0.2) is 31.2 Å². The molecule has 0 saturated carbocycles. The SMILES string of the molecule is CCOc1ccc(/C=C/C(=O)NCCc2c[nH]c3ccccc23)cc1OC. The molecule has 0 aliphatic rings. The number of ether oxygens (including phenoxy) is 2. The number of rotatable bonds is 8. The Morgan fingerprint density at radius 1 is 1.19 bits per heavy atom. The third-order valence-electron chi connectivity index (χ3n) is 4.28. The van der Waals surface area contributed by atoms with E-state index in [9.17, 15) is 4.79 Å². The van der Waals surface area contributed by atoms with Gasteiger partial charge in [-0.15, -0.1) is 0 Å². The molecular formula is C22H24N2O3. The van der Waals surface area contributed by atoms with Crippen molar-refractivity contribution >= 4 is 22.9 Å². The molecule has 3 aromatic rings. The first-order chi connectivity index (χ1) is 13.2. The maximum absolute atomic E-state index is 12.1. The van der Waals surface area contributed by atoms with Gasteiger partial charge < -0.3 is 19.8 Å². The van der Waals surface area contributed by atoms with Gasteiger partial charge in [0, 0.05) is 29.7 Å². The molecule has 5 nitrogen and oxygen atoms in total. The number of amides is 1. The summed E-state index contributed by atoms with van der Waals surface area (Å²) in [5, 5.41) is 4.12. The highest BCUT2D eigenvalue weighted by atomic mass is 16.5.